The van der Waals surface area contributed by atoms with Gasteiger partial charge in [-0.2, -0.15) is 4.98 Å². The molecule has 2 heterocycles. The van der Waals surface area contributed by atoms with Gasteiger partial charge in [-0.1, -0.05) is 5.16 Å². The number of carbonyl (C=O) groups excluding carboxylic acids is 1. The first-order valence-electron chi connectivity index (χ1n) is 5.70. The van der Waals surface area contributed by atoms with Gasteiger partial charge in [0, 0.05) is 13.0 Å². The Kier molecular flexibility index (Phi) is 2.58. The van der Waals surface area contributed by atoms with E-state index in [4.69, 9.17) is 8.94 Å². The summed E-state index contributed by atoms with van der Waals surface area (Å²) in [5.41, 5.74) is 0.267. The smallest absolute Gasteiger partial charge is 0.275 e. The predicted molar refractivity (Wildman–Crippen MR) is 58.6 cm³/mol. The van der Waals surface area contributed by atoms with Crippen LogP contribution in [-0.2, 0) is 6.54 Å². The zero-order valence-corrected chi connectivity index (χ0v) is 9.87. The number of nitrogens with zero attached hydrogens (tertiary/aromatic N) is 4. The van der Waals surface area contributed by atoms with Gasteiger partial charge in [0.2, 0.25) is 5.89 Å². The topological polar surface area (TPSA) is 85.3 Å². The van der Waals surface area contributed by atoms with Crippen LogP contribution in [0.15, 0.2) is 21.6 Å². The van der Waals surface area contributed by atoms with Crippen LogP contribution >= 0.6 is 0 Å². The first kappa shape index (κ1) is 10.9. The third kappa shape index (κ3) is 2.11. The summed E-state index contributed by atoms with van der Waals surface area (Å²) in [7, 11) is 1.66. The number of amides is 1. The summed E-state index contributed by atoms with van der Waals surface area (Å²) in [6, 6.07) is 0. The maximum absolute atomic E-state index is 11.9. The van der Waals surface area contributed by atoms with Crippen LogP contribution in [-0.4, -0.2) is 33.0 Å². The van der Waals surface area contributed by atoms with Crippen molar-refractivity contribution in [2.45, 2.75) is 25.3 Å². The Morgan fingerprint density at radius 1 is 1.56 bits per heavy atom. The molecule has 2 aromatic rings. The fourth-order valence-electron chi connectivity index (χ4n) is 1.63. The largest absolute Gasteiger partial charge is 0.451 e. The van der Waals surface area contributed by atoms with Crippen molar-refractivity contribution in [1.82, 2.24) is 20.0 Å². The molecule has 1 aliphatic carbocycles. The average molecular weight is 248 g/mol. The molecule has 7 heteroatoms. The van der Waals surface area contributed by atoms with E-state index in [1.54, 1.807) is 7.05 Å². The minimum absolute atomic E-state index is 0.235. The van der Waals surface area contributed by atoms with Crippen LogP contribution < -0.4 is 0 Å². The number of aromatic nitrogens is 3. The first-order chi connectivity index (χ1) is 8.74. The van der Waals surface area contributed by atoms with Crippen LogP contribution in [0.4, 0.5) is 0 Å². The molecule has 0 aliphatic heterocycles. The molecule has 1 fully saturated rings. The quantitative estimate of drug-likeness (QED) is 0.808. The second-order valence-electron chi connectivity index (χ2n) is 4.36. The van der Waals surface area contributed by atoms with Gasteiger partial charge in [0.15, 0.2) is 17.9 Å². The zero-order chi connectivity index (χ0) is 12.5. The highest BCUT2D eigenvalue weighted by Gasteiger charge is 2.30. The molecule has 18 heavy (non-hydrogen) atoms. The molecule has 94 valence electrons. The Hall–Kier alpha value is -2.18. The number of carbonyl (C=O) groups is 1. The zero-order valence-electron chi connectivity index (χ0n) is 9.87. The standard InChI is InChI=1S/C11H12N4O3/c1-15(11(16)8-5-17-6-12-8)4-9-13-10(18-14-9)7-2-3-7/h5-7H,2-4H2,1H3. The molecule has 1 aliphatic rings. The van der Waals surface area contributed by atoms with E-state index in [1.165, 1.54) is 17.6 Å². The van der Waals surface area contributed by atoms with Gasteiger partial charge in [0.1, 0.15) is 6.26 Å². The van der Waals surface area contributed by atoms with Crippen molar-refractivity contribution in [2.24, 2.45) is 0 Å². The van der Waals surface area contributed by atoms with Gasteiger partial charge in [0.05, 0.1) is 6.54 Å². The third-order valence-electron chi connectivity index (χ3n) is 2.79. The Bertz CT molecular complexity index is 544. The van der Waals surface area contributed by atoms with E-state index in [0.29, 0.717) is 24.2 Å². The van der Waals surface area contributed by atoms with Crippen LogP contribution in [0.3, 0.4) is 0 Å². The number of rotatable bonds is 4. The number of oxazole rings is 1. The lowest BCUT2D eigenvalue weighted by molar-refractivity contribution is 0.0775. The van der Waals surface area contributed by atoms with Gasteiger partial charge in [-0.15, -0.1) is 0 Å². The lowest BCUT2D eigenvalue weighted by Gasteiger charge is -2.12. The molecule has 1 amide bonds. The second kappa shape index (κ2) is 4.25. The van der Waals surface area contributed by atoms with Crippen molar-refractivity contribution >= 4 is 5.91 Å². The van der Waals surface area contributed by atoms with Crippen molar-refractivity contribution in [1.29, 1.82) is 0 Å². The average Bonchev–Trinajstić information content (AvgIpc) is 2.91. The van der Waals surface area contributed by atoms with Crippen LogP contribution in [0.1, 0.15) is 41.0 Å². The summed E-state index contributed by atoms with van der Waals surface area (Å²) >= 11 is 0. The molecule has 0 atom stereocenters. The molecule has 3 rings (SSSR count). The molecule has 1 saturated carbocycles. The summed E-state index contributed by atoms with van der Waals surface area (Å²) in [6.45, 7) is 0.294. The second-order valence-corrected chi connectivity index (χ2v) is 4.36. The monoisotopic (exact) mass is 248 g/mol. The molecule has 0 bridgehead atoms. The van der Waals surface area contributed by atoms with Gasteiger partial charge in [-0.05, 0) is 12.8 Å². The van der Waals surface area contributed by atoms with Gasteiger partial charge in [-0.3, -0.25) is 4.79 Å². The summed E-state index contributed by atoms with van der Waals surface area (Å²) in [5, 5.41) is 3.86. The van der Waals surface area contributed by atoms with Gasteiger partial charge in [0.25, 0.3) is 5.91 Å². The SMILES string of the molecule is CN(Cc1noc(C2CC2)n1)C(=O)c1cocn1. The minimum Gasteiger partial charge on any atom is -0.451 e. The van der Waals surface area contributed by atoms with Gasteiger partial charge < -0.3 is 13.8 Å². The van der Waals surface area contributed by atoms with E-state index < -0.39 is 0 Å². The molecule has 2 aromatic heterocycles. The van der Waals surface area contributed by atoms with Gasteiger partial charge in [-0.25, -0.2) is 4.98 Å². The fourth-order valence-corrected chi connectivity index (χ4v) is 1.63. The molecule has 0 radical (unpaired) electrons. The Morgan fingerprint density at radius 2 is 2.39 bits per heavy atom. The van der Waals surface area contributed by atoms with Gasteiger partial charge >= 0.3 is 0 Å². The lowest BCUT2D eigenvalue weighted by atomic mass is 10.4. The molecule has 7 nitrogen and oxygen atoms in total. The maximum Gasteiger partial charge on any atom is 0.275 e. The van der Waals surface area contributed by atoms with Crippen LogP contribution in [0, 0.1) is 0 Å². The Morgan fingerprint density at radius 3 is 3.06 bits per heavy atom. The van der Waals surface area contributed by atoms with Crippen molar-refractivity contribution in [3.63, 3.8) is 0 Å². The van der Waals surface area contributed by atoms with E-state index >= 15 is 0 Å². The summed E-state index contributed by atoms with van der Waals surface area (Å²) in [5.74, 6) is 1.37. The summed E-state index contributed by atoms with van der Waals surface area (Å²) in [4.78, 5) is 21.4. The minimum atomic E-state index is -0.235. The molecule has 0 unspecified atom stereocenters. The highest BCUT2D eigenvalue weighted by molar-refractivity contribution is 5.91. The summed E-state index contributed by atoms with van der Waals surface area (Å²) < 4.78 is 9.90. The summed E-state index contributed by atoms with van der Waals surface area (Å²) in [6.07, 6.45) is 4.75. The Balaban J connectivity index is 1.65. The first-order valence-corrected chi connectivity index (χ1v) is 5.70. The van der Waals surface area contributed by atoms with Crippen molar-refractivity contribution in [3.8, 4) is 0 Å². The fraction of sp³-hybridized carbons (Fsp3) is 0.455. The molecule has 0 N–H and O–H groups in total. The van der Waals surface area contributed by atoms with Crippen LogP contribution in [0.25, 0.3) is 0 Å². The number of hydrogen-bond acceptors (Lipinski definition) is 6. The van der Waals surface area contributed by atoms with Crippen molar-refractivity contribution in [2.75, 3.05) is 7.05 Å². The van der Waals surface area contributed by atoms with E-state index in [1.807, 2.05) is 0 Å². The lowest BCUT2D eigenvalue weighted by Crippen LogP contribution is -2.26. The van der Waals surface area contributed by atoms with Crippen molar-refractivity contribution in [3.05, 3.63) is 30.1 Å². The normalized spacial score (nSPS) is 14.7. The third-order valence-corrected chi connectivity index (χ3v) is 2.79. The maximum atomic E-state index is 11.9. The van der Waals surface area contributed by atoms with Crippen molar-refractivity contribution < 1.29 is 13.7 Å². The molecule has 0 saturated heterocycles. The highest BCUT2D eigenvalue weighted by atomic mass is 16.5. The van der Waals surface area contributed by atoms with Crippen LogP contribution in [0.2, 0.25) is 0 Å². The van der Waals surface area contributed by atoms with E-state index in [-0.39, 0.29) is 11.6 Å². The molecular weight excluding hydrogens is 236 g/mol. The Labute approximate surface area is 103 Å². The van der Waals surface area contributed by atoms with E-state index in [0.717, 1.165) is 12.8 Å². The highest BCUT2D eigenvalue weighted by Crippen LogP contribution is 2.38. The van der Waals surface area contributed by atoms with E-state index in [9.17, 15) is 4.79 Å². The van der Waals surface area contributed by atoms with Crippen LogP contribution in [0.5, 0.6) is 0 Å². The molecule has 0 spiro atoms. The predicted octanol–water partition coefficient (Wildman–Crippen LogP) is 1.21. The number of hydrogen-bond donors (Lipinski definition) is 0. The molecule has 0 aromatic carbocycles. The molecular formula is C11H12N4O3. The van der Waals surface area contributed by atoms with E-state index in [2.05, 4.69) is 15.1 Å².